The molecule has 3 aliphatic heterocycles. The van der Waals surface area contributed by atoms with Crippen LogP contribution in [0.15, 0.2) is 30.3 Å². The van der Waals surface area contributed by atoms with E-state index in [0.717, 1.165) is 6.54 Å². The molecule has 4 rings (SSSR count). The first-order valence-electron chi connectivity index (χ1n) is 23.5. The topological polar surface area (TPSA) is 193 Å². The zero-order valence-corrected chi connectivity index (χ0v) is 41.6. The molecule has 0 aromatic heterocycles. The van der Waals surface area contributed by atoms with Crippen LogP contribution in [0.2, 0.25) is 0 Å². The molecule has 64 heavy (non-hydrogen) atoms. The number of nitrogens with one attached hydrogen (secondary N) is 2. The monoisotopic (exact) mass is 911 g/mol. The Balaban J connectivity index is 1.83. The van der Waals surface area contributed by atoms with Gasteiger partial charge in [0.25, 0.3) is 0 Å². The van der Waals surface area contributed by atoms with Gasteiger partial charge in [0.1, 0.15) is 34.8 Å². The van der Waals surface area contributed by atoms with Crippen molar-refractivity contribution < 1.29 is 58.4 Å². The summed E-state index contributed by atoms with van der Waals surface area (Å²) in [6, 6.07) is 8.76. The number of ether oxygens (including phenoxy) is 7. The average Bonchev–Trinajstić information content (AvgIpc) is 3.23. The molecule has 0 saturated carbocycles. The van der Waals surface area contributed by atoms with E-state index < -0.39 is 95.5 Å². The largest absolute Gasteiger partial charge is 0.483 e. The Bertz CT molecular complexity index is 1570. The van der Waals surface area contributed by atoms with Crippen molar-refractivity contribution in [3.05, 3.63) is 30.3 Å². The third kappa shape index (κ3) is 12.9. The van der Waals surface area contributed by atoms with E-state index in [0.29, 0.717) is 25.3 Å². The molecule has 370 valence electrons. The van der Waals surface area contributed by atoms with Crippen molar-refractivity contribution in [2.75, 3.05) is 61.5 Å². The van der Waals surface area contributed by atoms with E-state index >= 15 is 0 Å². The molecule has 0 spiro atoms. The number of aliphatic hydroxyl groups excluding tert-OH is 1. The Morgan fingerprint density at radius 3 is 2.17 bits per heavy atom. The Labute approximate surface area is 383 Å². The van der Waals surface area contributed by atoms with Crippen LogP contribution >= 0.6 is 0 Å². The smallest absolute Gasteiger partial charge is 0.311 e. The first-order valence-corrected chi connectivity index (χ1v) is 23.5. The van der Waals surface area contributed by atoms with E-state index in [2.05, 4.69) is 20.4 Å². The van der Waals surface area contributed by atoms with Gasteiger partial charge < -0.3 is 74.0 Å². The number of methoxy groups -OCH3 is 1. The van der Waals surface area contributed by atoms with Crippen LogP contribution in [0.1, 0.15) is 94.9 Å². The molecule has 16 nitrogen and oxygen atoms in total. The highest BCUT2D eigenvalue weighted by Gasteiger charge is 2.58. The Morgan fingerprint density at radius 1 is 0.922 bits per heavy atom. The number of carbonyl (C=O) groups is 1. The fraction of sp³-hybridized carbons (Fsp3) is 0.854. The van der Waals surface area contributed by atoms with Crippen molar-refractivity contribution in [2.24, 2.45) is 17.8 Å². The lowest BCUT2D eigenvalue weighted by Crippen LogP contribution is -2.70. The van der Waals surface area contributed by atoms with Crippen molar-refractivity contribution in [2.45, 2.75) is 185 Å². The molecular weight excluding hydrogens is 825 g/mol. The minimum atomic E-state index is -1.82. The third-order valence-corrected chi connectivity index (χ3v) is 14.3. The Hall–Kier alpha value is -2.03. The SMILES string of the molecule is CCC1OC(=O)C(C)C(O[C@H]2C[C@@](C)(OC)[C@](O)(CNCCN(C)C)[C@H](C)O2)C(C)C(O[C@@H]2O[C@H](C)C[C@H](N(C)C)[C@H]2Oc2ccccc2)C(C)(O)CC(C)CNC(C)C(O)C1(C)O. The van der Waals surface area contributed by atoms with Crippen molar-refractivity contribution in [3.63, 3.8) is 0 Å². The lowest BCUT2D eigenvalue weighted by Gasteiger charge is -2.53. The molecule has 18 atom stereocenters. The molecule has 16 heteroatoms. The number of para-hydroxylation sites is 1. The second-order valence-electron chi connectivity index (χ2n) is 20.4. The van der Waals surface area contributed by atoms with Crippen LogP contribution in [0.3, 0.4) is 0 Å². The minimum Gasteiger partial charge on any atom is -0.483 e. The number of aliphatic hydroxyl groups is 4. The molecule has 6 N–H and O–H groups in total. The number of esters is 1. The highest BCUT2D eigenvalue weighted by molar-refractivity contribution is 5.73. The van der Waals surface area contributed by atoms with E-state index in [9.17, 15) is 25.2 Å². The normalized spacial score (nSPS) is 43.4. The molecule has 1 aromatic carbocycles. The lowest BCUT2D eigenvalue weighted by molar-refractivity contribution is -0.335. The third-order valence-electron chi connectivity index (χ3n) is 14.3. The first kappa shape index (κ1) is 54.6. The number of nitrogens with zero attached hydrogens (tertiary/aromatic N) is 2. The standard InChI is InChI=1S/C48H86N4O12/c1-16-37-47(10,56)41(53)33(6)50-27-29(2)25-45(8,55)42(64-44-40(61-35-20-18-17-19-21-35)36(52(13)14)24-30(3)59-44)31(4)39(32(5)43(54)62-37)63-38-26-46(9,58-15)48(57,34(7)60-38)28-49-22-23-51(11)12/h17-21,29-34,36-42,44,49-50,53,55-57H,16,22-28H2,1-15H3/t29?,30-,31?,32?,33?,34+,36+,37?,38+,39?,40-,41?,42?,44+,45?,46-,47?,48+/m1/s1. The van der Waals surface area contributed by atoms with E-state index in [4.69, 9.17) is 33.2 Å². The maximum atomic E-state index is 14.6. The van der Waals surface area contributed by atoms with Gasteiger partial charge in [-0.15, -0.1) is 0 Å². The summed E-state index contributed by atoms with van der Waals surface area (Å²) < 4.78 is 46.3. The molecule has 3 heterocycles. The van der Waals surface area contributed by atoms with E-state index in [1.165, 1.54) is 6.92 Å². The quantitative estimate of drug-likeness (QED) is 0.118. The van der Waals surface area contributed by atoms with Crippen molar-refractivity contribution >= 4 is 5.97 Å². The summed E-state index contributed by atoms with van der Waals surface area (Å²) in [5.41, 5.74) is -6.02. The summed E-state index contributed by atoms with van der Waals surface area (Å²) >= 11 is 0. The zero-order chi connectivity index (χ0) is 47.9. The summed E-state index contributed by atoms with van der Waals surface area (Å²) in [5, 5.41) is 55.2. The highest BCUT2D eigenvalue weighted by atomic mass is 16.7. The highest BCUT2D eigenvalue weighted by Crippen LogP contribution is 2.43. The van der Waals surface area contributed by atoms with Crippen molar-refractivity contribution in [1.82, 2.24) is 20.4 Å². The number of hydrogen-bond acceptors (Lipinski definition) is 16. The Kier molecular flexibility index (Phi) is 19.5. The molecule has 3 saturated heterocycles. The molecule has 3 aliphatic rings. The van der Waals surface area contributed by atoms with Crippen LogP contribution in [0.25, 0.3) is 0 Å². The number of benzene rings is 1. The van der Waals surface area contributed by atoms with E-state index in [1.54, 1.807) is 41.7 Å². The van der Waals surface area contributed by atoms with Crippen LogP contribution < -0.4 is 15.4 Å². The van der Waals surface area contributed by atoms with Crippen molar-refractivity contribution in [3.8, 4) is 5.75 Å². The van der Waals surface area contributed by atoms with Crippen LogP contribution in [0, 0.1) is 17.8 Å². The van der Waals surface area contributed by atoms with Gasteiger partial charge in [0.2, 0.25) is 0 Å². The molecule has 3 fully saturated rings. The van der Waals surface area contributed by atoms with Gasteiger partial charge in [-0.2, -0.15) is 0 Å². The number of likely N-dealkylation sites (N-methyl/N-ethyl adjacent to an activating group) is 2. The van der Waals surface area contributed by atoms with Gasteiger partial charge in [0.05, 0.1) is 42.0 Å². The fourth-order valence-corrected chi connectivity index (χ4v) is 10.1. The van der Waals surface area contributed by atoms with Gasteiger partial charge in [0, 0.05) is 45.1 Å². The summed E-state index contributed by atoms with van der Waals surface area (Å²) in [6.45, 7) is 19.9. The van der Waals surface area contributed by atoms with Gasteiger partial charge >= 0.3 is 5.97 Å². The van der Waals surface area contributed by atoms with Crippen LogP contribution in [-0.4, -0.2) is 187 Å². The van der Waals surface area contributed by atoms with Gasteiger partial charge in [-0.3, -0.25) is 4.79 Å². The Morgan fingerprint density at radius 2 is 1.58 bits per heavy atom. The maximum absolute atomic E-state index is 14.6. The summed E-state index contributed by atoms with van der Waals surface area (Å²) in [6.07, 6.45) is -6.88. The zero-order valence-electron chi connectivity index (χ0n) is 41.6. The first-order chi connectivity index (χ1) is 29.8. The second-order valence-corrected chi connectivity index (χ2v) is 20.4. The van der Waals surface area contributed by atoms with Crippen LogP contribution in [-0.2, 0) is 33.2 Å². The van der Waals surface area contributed by atoms with E-state index in [-0.39, 0.29) is 43.9 Å². The fourth-order valence-electron chi connectivity index (χ4n) is 10.1. The molecule has 0 aliphatic carbocycles. The number of hydrogen-bond donors (Lipinski definition) is 6. The number of rotatable bonds is 14. The van der Waals surface area contributed by atoms with Crippen molar-refractivity contribution in [1.29, 1.82) is 0 Å². The van der Waals surface area contributed by atoms with Gasteiger partial charge in [-0.25, -0.2) is 0 Å². The van der Waals surface area contributed by atoms with Crippen LogP contribution in [0.4, 0.5) is 0 Å². The predicted octanol–water partition coefficient (Wildman–Crippen LogP) is 3.17. The van der Waals surface area contributed by atoms with E-state index in [1.807, 2.05) is 86.2 Å². The van der Waals surface area contributed by atoms with Gasteiger partial charge in [-0.05, 0) is 121 Å². The number of carbonyl (C=O) groups excluding carboxylic acids is 1. The van der Waals surface area contributed by atoms with Gasteiger partial charge in [0.15, 0.2) is 18.7 Å². The summed E-state index contributed by atoms with van der Waals surface area (Å²) in [7, 11) is 9.50. The summed E-state index contributed by atoms with van der Waals surface area (Å²) in [4.78, 5) is 18.7. The molecule has 0 bridgehead atoms. The summed E-state index contributed by atoms with van der Waals surface area (Å²) in [5.74, 6) is -2.00. The molecule has 0 amide bonds. The molecule has 1 aromatic rings. The molecular formula is C48H86N4O12. The minimum absolute atomic E-state index is 0.0897. The lowest BCUT2D eigenvalue weighted by atomic mass is 9.75. The predicted molar refractivity (Wildman–Crippen MR) is 245 cm³/mol. The molecule has 0 radical (unpaired) electrons. The maximum Gasteiger partial charge on any atom is 0.311 e. The second kappa shape index (κ2) is 22.8. The number of cyclic esters (lactones) is 1. The average molecular weight is 911 g/mol. The van der Waals surface area contributed by atoms with Crippen LogP contribution in [0.5, 0.6) is 5.75 Å². The molecule has 10 unspecified atom stereocenters. The van der Waals surface area contributed by atoms with Gasteiger partial charge in [-0.1, -0.05) is 39.0 Å².